The van der Waals surface area contributed by atoms with Gasteiger partial charge in [0.1, 0.15) is 12.2 Å². The van der Waals surface area contributed by atoms with Gasteiger partial charge in [0.15, 0.2) is 0 Å². The Morgan fingerprint density at radius 2 is 1.94 bits per heavy atom. The van der Waals surface area contributed by atoms with Gasteiger partial charge in [-0.3, -0.25) is 4.57 Å². The van der Waals surface area contributed by atoms with Gasteiger partial charge in [0.25, 0.3) is 0 Å². The average molecular weight is 215 g/mol. The highest BCUT2D eigenvalue weighted by Crippen LogP contribution is 2.11. The van der Waals surface area contributed by atoms with Crippen LogP contribution in [0.3, 0.4) is 0 Å². The molecule has 0 fully saturated rings. The molecule has 84 valence electrons. The van der Waals surface area contributed by atoms with Crippen LogP contribution in [0.4, 0.5) is 0 Å². The monoisotopic (exact) mass is 215 g/mol. The molecule has 0 saturated carbocycles. The Kier molecular flexibility index (Phi) is 3.70. The van der Waals surface area contributed by atoms with Crippen molar-refractivity contribution < 1.29 is 0 Å². The molecule has 3 heteroatoms. The first-order valence-electron chi connectivity index (χ1n) is 5.86. The Labute approximate surface area is 96.1 Å². The molecule has 2 rings (SSSR count). The topological polar surface area (TPSA) is 30.7 Å². The molecule has 0 aliphatic carbocycles. The zero-order valence-electron chi connectivity index (χ0n) is 9.63. The lowest BCUT2D eigenvalue weighted by molar-refractivity contribution is 0.684. The molecule has 0 saturated heterocycles. The highest BCUT2D eigenvalue weighted by atomic mass is 15.3. The van der Waals surface area contributed by atoms with Crippen molar-refractivity contribution in [3.63, 3.8) is 0 Å². The Morgan fingerprint density at radius 1 is 1.12 bits per heavy atom. The third-order valence-electron chi connectivity index (χ3n) is 2.66. The van der Waals surface area contributed by atoms with Crippen molar-refractivity contribution in [3.05, 3.63) is 42.5 Å². The summed E-state index contributed by atoms with van der Waals surface area (Å²) in [5.41, 5.74) is 1.14. The number of unbranched alkanes of at least 4 members (excludes halogenated alkanes) is 2. The third-order valence-corrected chi connectivity index (χ3v) is 2.66. The number of aryl methyl sites for hydroxylation is 1. The molecule has 3 nitrogen and oxygen atoms in total. The minimum absolute atomic E-state index is 1.00. The summed E-state index contributed by atoms with van der Waals surface area (Å²) in [6.07, 6.45) is 6.46. The number of hydrogen-bond acceptors (Lipinski definition) is 2. The van der Waals surface area contributed by atoms with Crippen molar-refractivity contribution in [1.29, 1.82) is 0 Å². The molecular weight excluding hydrogens is 198 g/mol. The lowest BCUT2D eigenvalue weighted by Crippen LogP contribution is -2.00. The molecule has 0 unspecified atom stereocenters. The summed E-state index contributed by atoms with van der Waals surface area (Å²) in [5, 5.41) is 8.17. The smallest absolute Gasteiger partial charge is 0.137 e. The first-order chi connectivity index (χ1) is 7.92. The molecule has 0 N–H and O–H groups in total. The number of benzene rings is 1. The number of rotatable bonds is 5. The van der Waals surface area contributed by atoms with E-state index in [0.717, 1.165) is 17.9 Å². The molecule has 0 atom stereocenters. The molecular formula is C13H17N3. The number of aromatic nitrogens is 3. The molecule has 0 aliphatic heterocycles. The highest BCUT2D eigenvalue weighted by Gasteiger charge is 2.04. The standard InChI is InChI=1S/C13H17N3/c1-2-3-5-10-13-15-14-11-16(13)12-8-6-4-7-9-12/h4,6-9,11H,2-3,5,10H2,1H3. The van der Waals surface area contributed by atoms with Crippen LogP contribution >= 0.6 is 0 Å². The Morgan fingerprint density at radius 3 is 2.69 bits per heavy atom. The van der Waals surface area contributed by atoms with Crippen LogP contribution in [0.15, 0.2) is 36.7 Å². The fourth-order valence-electron chi connectivity index (χ4n) is 1.77. The van der Waals surface area contributed by atoms with Crippen molar-refractivity contribution in [1.82, 2.24) is 14.8 Å². The van der Waals surface area contributed by atoms with Crippen molar-refractivity contribution in [2.75, 3.05) is 0 Å². The van der Waals surface area contributed by atoms with Crippen molar-refractivity contribution in [2.24, 2.45) is 0 Å². The van der Waals surface area contributed by atoms with Crippen LogP contribution in [0.25, 0.3) is 5.69 Å². The SMILES string of the molecule is CCCCCc1nncn1-c1ccccc1. The van der Waals surface area contributed by atoms with Crippen LogP contribution in [0.1, 0.15) is 32.0 Å². The van der Waals surface area contributed by atoms with Gasteiger partial charge in [0, 0.05) is 12.1 Å². The molecule has 16 heavy (non-hydrogen) atoms. The van der Waals surface area contributed by atoms with Gasteiger partial charge < -0.3 is 0 Å². The Hall–Kier alpha value is -1.64. The van der Waals surface area contributed by atoms with Gasteiger partial charge in [-0.05, 0) is 18.6 Å². The van der Waals surface area contributed by atoms with Crippen molar-refractivity contribution in [3.8, 4) is 5.69 Å². The lowest BCUT2D eigenvalue weighted by Gasteiger charge is -2.05. The van der Waals surface area contributed by atoms with Crippen LogP contribution < -0.4 is 0 Å². The van der Waals surface area contributed by atoms with Crippen LogP contribution in [0, 0.1) is 0 Å². The zero-order chi connectivity index (χ0) is 11.2. The van der Waals surface area contributed by atoms with E-state index in [4.69, 9.17) is 0 Å². The summed E-state index contributed by atoms with van der Waals surface area (Å²) in [6.45, 7) is 2.21. The largest absolute Gasteiger partial charge is 0.286 e. The van der Waals surface area contributed by atoms with E-state index in [2.05, 4.69) is 33.8 Å². The minimum Gasteiger partial charge on any atom is -0.286 e. The second-order valence-corrected chi connectivity index (χ2v) is 3.91. The van der Waals surface area contributed by atoms with Crippen molar-refractivity contribution in [2.45, 2.75) is 32.6 Å². The van der Waals surface area contributed by atoms with E-state index in [-0.39, 0.29) is 0 Å². The van der Waals surface area contributed by atoms with Crippen LogP contribution in [0.2, 0.25) is 0 Å². The summed E-state index contributed by atoms with van der Waals surface area (Å²) in [4.78, 5) is 0. The highest BCUT2D eigenvalue weighted by molar-refractivity contribution is 5.31. The number of para-hydroxylation sites is 1. The van der Waals surface area contributed by atoms with Gasteiger partial charge in [-0.25, -0.2) is 0 Å². The summed E-state index contributed by atoms with van der Waals surface area (Å²) in [7, 11) is 0. The van der Waals surface area contributed by atoms with E-state index in [1.807, 2.05) is 18.2 Å². The third kappa shape index (κ3) is 2.48. The predicted molar refractivity (Wildman–Crippen MR) is 64.6 cm³/mol. The van der Waals surface area contributed by atoms with Gasteiger partial charge in [0.05, 0.1) is 0 Å². The van der Waals surface area contributed by atoms with Crippen molar-refractivity contribution >= 4 is 0 Å². The number of nitrogens with zero attached hydrogens (tertiary/aromatic N) is 3. The molecule has 2 aromatic rings. The van der Waals surface area contributed by atoms with Gasteiger partial charge in [-0.1, -0.05) is 38.0 Å². The first kappa shape index (κ1) is 10.9. The van der Waals surface area contributed by atoms with E-state index in [9.17, 15) is 0 Å². The minimum atomic E-state index is 1.00. The second-order valence-electron chi connectivity index (χ2n) is 3.91. The molecule has 0 bridgehead atoms. The average Bonchev–Trinajstić information content (AvgIpc) is 2.79. The molecule has 0 aliphatic rings. The van der Waals surface area contributed by atoms with Crippen LogP contribution in [0.5, 0.6) is 0 Å². The summed E-state index contributed by atoms with van der Waals surface area (Å²) >= 11 is 0. The maximum atomic E-state index is 4.18. The zero-order valence-corrected chi connectivity index (χ0v) is 9.63. The molecule has 0 amide bonds. The van der Waals surface area contributed by atoms with Gasteiger partial charge in [-0.15, -0.1) is 10.2 Å². The fraction of sp³-hybridized carbons (Fsp3) is 0.385. The Balaban J connectivity index is 2.13. The summed E-state index contributed by atoms with van der Waals surface area (Å²) < 4.78 is 2.07. The normalized spacial score (nSPS) is 10.6. The molecule has 1 heterocycles. The van der Waals surface area contributed by atoms with Crippen LogP contribution in [-0.4, -0.2) is 14.8 Å². The van der Waals surface area contributed by atoms with E-state index < -0.39 is 0 Å². The number of hydrogen-bond donors (Lipinski definition) is 0. The van der Waals surface area contributed by atoms with Gasteiger partial charge in [-0.2, -0.15) is 0 Å². The maximum absolute atomic E-state index is 4.18. The summed E-state index contributed by atoms with van der Waals surface area (Å²) in [5.74, 6) is 1.06. The van der Waals surface area contributed by atoms with E-state index in [0.29, 0.717) is 0 Å². The maximum Gasteiger partial charge on any atom is 0.137 e. The first-order valence-corrected chi connectivity index (χ1v) is 5.86. The van der Waals surface area contributed by atoms with Gasteiger partial charge in [0.2, 0.25) is 0 Å². The quantitative estimate of drug-likeness (QED) is 0.718. The molecule has 1 aromatic carbocycles. The van der Waals surface area contributed by atoms with Crippen LogP contribution in [-0.2, 0) is 6.42 Å². The lowest BCUT2D eigenvalue weighted by atomic mass is 10.2. The van der Waals surface area contributed by atoms with E-state index in [1.54, 1.807) is 6.33 Å². The second kappa shape index (κ2) is 5.45. The summed E-state index contributed by atoms with van der Waals surface area (Å²) in [6, 6.07) is 10.2. The fourth-order valence-corrected chi connectivity index (χ4v) is 1.77. The Bertz CT molecular complexity index is 420. The predicted octanol–water partition coefficient (Wildman–Crippen LogP) is 3.00. The van der Waals surface area contributed by atoms with Gasteiger partial charge >= 0.3 is 0 Å². The van der Waals surface area contributed by atoms with E-state index >= 15 is 0 Å². The molecule has 1 aromatic heterocycles. The molecule has 0 radical (unpaired) electrons. The molecule has 0 spiro atoms. The van der Waals surface area contributed by atoms with E-state index in [1.165, 1.54) is 19.3 Å².